The molecule has 0 saturated carbocycles. The maximum atomic E-state index is 13.1. The second-order valence-electron chi connectivity index (χ2n) is 3.45. The third-order valence-electron chi connectivity index (χ3n) is 2.18. The molecule has 0 aromatic heterocycles. The number of halogens is 1. The van der Waals surface area contributed by atoms with E-state index in [1.54, 1.807) is 12.1 Å². The summed E-state index contributed by atoms with van der Waals surface area (Å²) in [6.07, 6.45) is 2.10. The Morgan fingerprint density at radius 2 is 2.07 bits per heavy atom. The molecule has 0 radical (unpaired) electrons. The van der Waals surface area contributed by atoms with Gasteiger partial charge in [-0.05, 0) is 32.5 Å². The van der Waals surface area contributed by atoms with E-state index in [-0.39, 0.29) is 5.82 Å². The van der Waals surface area contributed by atoms with Crippen LogP contribution in [0.3, 0.4) is 0 Å². The Labute approximate surface area is 90.4 Å². The molecule has 15 heavy (non-hydrogen) atoms. The fraction of sp³-hybridized carbons (Fsp3) is 0.500. The molecule has 0 fully saturated rings. The van der Waals surface area contributed by atoms with Gasteiger partial charge in [0.25, 0.3) is 0 Å². The van der Waals surface area contributed by atoms with E-state index >= 15 is 0 Å². The van der Waals surface area contributed by atoms with Gasteiger partial charge in [0.2, 0.25) is 0 Å². The summed E-state index contributed by atoms with van der Waals surface area (Å²) in [5.74, 6) is -0.187. The van der Waals surface area contributed by atoms with Crippen LogP contribution in [0, 0.1) is 5.82 Å². The molecular formula is C12H18FNO. The van der Waals surface area contributed by atoms with E-state index in [0.717, 1.165) is 19.4 Å². The van der Waals surface area contributed by atoms with Gasteiger partial charge in [0, 0.05) is 12.2 Å². The first-order chi connectivity index (χ1) is 7.34. The average molecular weight is 211 g/mol. The normalized spacial score (nSPS) is 10.5. The van der Waals surface area contributed by atoms with E-state index in [9.17, 15) is 4.39 Å². The minimum Gasteiger partial charge on any atom is -0.377 e. The smallest absolute Gasteiger partial charge is 0.128 e. The third-order valence-corrected chi connectivity index (χ3v) is 2.18. The van der Waals surface area contributed by atoms with Crippen LogP contribution in [0.4, 0.5) is 4.39 Å². The monoisotopic (exact) mass is 211 g/mol. The summed E-state index contributed by atoms with van der Waals surface area (Å²) in [4.78, 5) is 0. The van der Waals surface area contributed by atoms with Gasteiger partial charge in [-0.25, -0.2) is 4.39 Å². The van der Waals surface area contributed by atoms with E-state index in [4.69, 9.17) is 4.74 Å². The minimum absolute atomic E-state index is 0.187. The van der Waals surface area contributed by atoms with Gasteiger partial charge in [-0.2, -0.15) is 0 Å². The number of hydrogen-bond acceptors (Lipinski definition) is 2. The van der Waals surface area contributed by atoms with Crippen molar-refractivity contribution in [2.24, 2.45) is 0 Å². The molecule has 0 aliphatic rings. The standard InChI is InChI=1S/C12H18FNO/c1-14-8-4-5-9-15-10-11-6-2-3-7-12(11)13/h2-3,6-7,14H,4-5,8-10H2,1H3. The SMILES string of the molecule is CNCCCCOCc1ccccc1F. The van der Waals surface area contributed by atoms with Crippen molar-refractivity contribution < 1.29 is 9.13 Å². The van der Waals surface area contributed by atoms with Crippen LogP contribution >= 0.6 is 0 Å². The number of unbranched alkanes of at least 4 members (excludes halogenated alkanes) is 1. The highest BCUT2D eigenvalue weighted by Gasteiger charge is 1.99. The Balaban J connectivity index is 2.12. The summed E-state index contributed by atoms with van der Waals surface area (Å²) in [5.41, 5.74) is 0.631. The molecule has 0 atom stereocenters. The Hall–Kier alpha value is -0.930. The largest absolute Gasteiger partial charge is 0.377 e. The predicted octanol–water partition coefficient (Wildman–Crippen LogP) is 2.34. The zero-order chi connectivity index (χ0) is 10.9. The van der Waals surface area contributed by atoms with Crippen molar-refractivity contribution in [2.75, 3.05) is 20.2 Å². The summed E-state index contributed by atoms with van der Waals surface area (Å²) in [6.45, 7) is 2.06. The first kappa shape index (κ1) is 12.1. The maximum absolute atomic E-state index is 13.1. The van der Waals surface area contributed by atoms with Crippen LogP contribution in [0.25, 0.3) is 0 Å². The highest BCUT2D eigenvalue weighted by atomic mass is 19.1. The van der Waals surface area contributed by atoms with E-state index in [2.05, 4.69) is 5.32 Å². The quantitative estimate of drug-likeness (QED) is 0.699. The van der Waals surface area contributed by atoms with Crippen LogP contribution in [0.2, 0.25) is 0 Å². The van der Waals surface area contributed by atoms with Crippen LogP contribution in [-0.4, -0.2) is 20.2 Å². The van der Waals surface area contributed by atoms with Crippen molar-refractivity contribution in [2.45, 2.75) is 19.4 Å². The molecule has 1 N–H and O–H groups in total. The summed E-state index contributed by atoms with van der Waals surface area (Å²) in [5, 5.41) is 3.07. The summed E-state index contributed by atoms with van der Waals surface area (Å²) in [7, 11) is 1.93. The van der Waals surface area contributed by atoms with Gasteiger partial charge in [0.1, 0.15) is 5.82 Å². The maximum Gasteiger partial charge on any atom is 0.128 e. The first-order valence-corrected chi connectivity index (χ1v) is 5.30. The highest BCUT2D eigenvalue weighted by Crippen LogP contribution is 2.07. The van der Waals surface area contributed by atoms with E-state index in [1.807, 2.05) is 13.1 Å². The second kappa shape index (κ2) is 7.37. The highest BCUT2D eigenvalue weighted by molar-refractivity contribution is 5.16. The molecule has 0 heterocycles. The second-order valence-corrected chi connectivity index (χ2v) is 3.45. The van der Waals surface area contributed by atoms with Gasteiger partial charge < -0.3 is 10.1 Å². The van der Waals surface area contributed by atoms with Gasteiger partial charge in [-0.15, -0.1) is 0 Å². The van der Waals surface area contributed by atoms with E-state index < -0.39 is 0 Å². The molecule has 0 saturated heterocycles. The molecule has 0 spiro atoms. The molecule has 3 heteroatoms. The number of ether oxygens (including phenoxy) is 1. The molecule has 1 rings (SSSR count). The molecule has 2 nitrogen and oxygen atoms in total. The van der Waals surface area contributed by atoms with E-state index in [0.29, 0.717) is 18.8 Å². The molecular weight excluding hydrogens is 193 g/mol. The molecule has 0 bridgehead atoms. The fourth-order valence-corrected chi connectivity index (χ4v) is 1.30. The van der Waals surface area contributed by atoms with Gasteiger partial charge in [-0.1, -0.05) is 18.2 Å². The fourth-order valence-electron chi connectivity index (χ4n) is 1.30. The van der Waals surface area contributed by atoms with Crippen molar-refractivity contribution in [1.82, 2.24) is 5.32 Å². The average Bonchev–Trinajstić information content (AvgIpc) is 2.25. The lowest BCUT2D eigenvalue weighted by Gasteiger charge is -2.05. The Morgan fingerprint density at radius 1 is 1.27 bits per heavy atom. The molecule has 84 valence electrons. The summed E-state index contributed by atoms with van der Waals surface area (Å²) < 4.78 is 18.5. The summed E-state index contributed by atoms with van der Waals surface area (Å²) >= 11 is 0. The molecule has 1 aromatic rings. The van der Waals surface area contributed by atoms with Crippen molar-refractivity contribution in [3.8, 4) is 0 Å². The number of benzene rings is 1. The van der Waals surface area contributed by atoms with E-state index in [1.165, 1.54) is 6.07 Å². The topological polar surface area (TPSA) is 21.3 Å². The lowest BCUT2D eigenvalue weighted by molar-refractivity contribution is 0.115. The van der Waals surface area contributed by atoms with Crippen molar-refractivity contribution >= 4 is 0 Å². The van der Waals surface area contributed by atoms with Crippen molar-refractivity contribution in [3.05, 3.63) is 35.6 Å². The zero-order valence-electron chi connectivity index (χ0n) is 9.13. The molecule has 0 aliphatic heterocycles. The Kier molecular flexibility index (Phi) is 5.97. The number of hydrogen-bond donors (Lipinski definition) is 1. The van der Waals surface area contributed by atoms with Gasteiger partial charge in [0.05, 0.1) is 6.61 Å². The number of rotatable bonds is 7. The van der Waals surface area contributed by atoms with Crippen LogP contribution in [0.1, 0.15) is 18.4 Å². The van der Waals surface area contributed by atoms with Crippen LogP contribution in [-0.2, 0) is 11.3 Å². The lowest BCUT2D eigenvalue weighted by Crippen LogP contribution is -2.08. The van der Waals surface area contributed by atoms with Gasteiger partial charge >= 0.3 is 0 Å². The molecule has 0 aliphatic carbocycles. The Morgan fingerprint density at radius 3 is 2.80 bits per heavy atom. The molecule has 0 unspecified atom stereocenters. The van der Waals surface area contributed by atoms with Crippen LogP contribution in [0.5, 0.6) is 0 Å². The van der Waals surface area contributed by atoms with Gasteiger partial charge in [-0.3, -0.25) is 0 Å². The Bertz CT molecular complexity index is 278. The van der Waals surface area contributed by atoms with Crippen LogP contribution < -0.4 is 5.32 Å². The number of nitrogens with one attached hydrogen (secondary N) is 1. The third kappa shape index (κ3) is 4.91. The lowest BCUT2D eigenvalue weighted by atomic mass is 10.2. The first-order valence-electron chi connectivity index (χ1n) is 5.30. The van der Waals surface area contributed by atoms with Gasteiger partial charge in [0.15, 0.2) is 0 Å². The van der Waals surface area contributed by atoms with Crippen molar-refractivity contribution in [1.29, 1.82) is 0 Å². The molecule has 1 aromatic carbocycles. The molecule has 0 amide bonds. The van der Waals surface area contributed by atoms with Crippen LogP contribution in [0.15, 0.2) is 24.3 Å². The van der Waals surface area contributed by atoms with Crippen molar-refractivity contribution in [3.63, 3.8) is 0 Å². The minimum atomic E-state index is -0.187. The predicted molar refractivity (Wildman–Crippen MR) is 59.2 cm³/mol. The summed E-state index contributed by atoms with van der Waals surface area (Å²) in [6, 6.07) is 6.72. The zero-order valence-corrected chi connectivity index (χ0v) is 9.13.